The lowest BCUT2D eigenvalue weighted by molar-refractivity contribution is 0.0963. The number of carbonyl (C=O) groups excluding carboxylic acids is 1. The summed E-state index contributed by atoms with van der Waals surface area (Å²) in [5.74, 6) is -0.254. The van der Waals surface area contributed by atoms with E-state index in [9.17, 15) is 9.59 Å². The Balaban J connectivity index is 3.05. The monoisotopic (exact) mass is 152 g/mol. The van der Waals surface area contributed by atoms with Gasteiger partial charge in [-0.1, -0.05) is 0 Å². The minimum absolute atomic E-state index is 0.254. The fourth-order valence-electron chi connectivity index (χ4n) is 0.730. The molecule has 4 nitrogen and oxygen atoms in total. The Morgan fingerprint density at radius 2 is 2.36 bits per heavy atom. The van der Waals surface area contributed by atoms with Gasteiger partial charge in [0.2, 0.25) is 5.56 Å². The van der Waals surface area contributed by atoms with Crippen molar-refractivity contribution in [2.45, 2.75) is 0 Å². The van der Waals surface area contributed by atoms with Gasteiger partial charge in [-0.15, -0.1) is 0 Å². The van der Waals surface area contributed by atoms with Crippen molar-refractivity contribution >= 4 is 5.91 Å². The summed E-state index contributed by atoms with van der Waals surface area (Å²) in [4.78, 5) is 24.0. The Kier molecular flexibility index (Phi) is 2.06. The third kappa shape index (κ3) is 1.67. The molecule has 1 aromatic heterocycles. The molecule has 11 heavy (non-hydrogen) atoms. The summed E-state index contributed by atoms with van der Waals surface area (Å²) in [5.41, 5.74) is 0.0994. The molecule has 1 heterocycles. The van der Waals surface area contributed by atoms with Gasteiger partial charge < -0.3 is 10.3 Å². The number of hydrogen-bond donors (Lipinski definition) is 2. The van der Waals surface area contributed by atoms with Gasteiger partial charge in [0.15, 0.2) is 0 Å². The fourth-order valence-corrected chi connectivity index (χ4v) is 0.730. The van der Waals surface area contributed by atoms with E-state index in [1.165, 1.54) is 19.3 Å². The second-order valence-electron chi connectivity index (χ2n) is 2.02. The Hall–Kier alpha value is -1.58. The van der Waals surface area contributed by atoms with Gasteiger partial charge in [-0.3, -0.25) is 9.59 Å². The second-order valence-corrected chi connectivity index (χ2v) is 2.02. The van der Waals surface area contributed by atoms with Gasteiger partial charge in [0.25, 0.3) is 5.91 Å². The maximum Gasteiger partial charge on any atom is 0.251 e. The third-order valence-electron chi connectivity index (χ3n) is 1.26. The Labute approximate surface area is 63.3 Å². The smallest absolute Gasteiger partial charge is 0.251 e. The van der Waals surface area contributed by atoms with E-state index in [0.717, 1.165) is 0 Å². The minimum Gasteiger partial charge on any atom is -0.355 e. The molecule has 0 aromatic carbocycles. The predicted molar refractivity (Wildman–Crippen MR) is 40.5 cm³/mol. The maximum absolute atomic E-state index is 10.9. The van der Waals surface area contributed by atoms with Gasteiger partial charge in [0, 0.05) is 24.9 Å². The SMILES string of the molecule is CNC(=O)c1cc[nH]c(=O)c1. The van der Waals surface area contributed by atoms with E-state index in [1.54, 1.807) is 6.07 Å². The first-order valence-electron chi connectivity index (χ1n) is 3.15. The molecule has 0 aliphatic heterocycles. The molecule has 2 N–H and O–H groups in total. The first-order chi connectivity index (χ1) is 5.24. The first-order valence-corrected chi connectivity index (χ1v) is 3.15. The van der Waals surface area contributed by atoms with Crippen molar-refractivity contribution in [3.8, 4) is 0 Å². The average molecular weight is 152 g/mol. The van der Waals surface area contributed by atoms with Crippen molar-refractivity contribution < 1.29 is 4.79 Å². The lowest BCUT2D eigenvalue weighted by atomic mass is 10.2. The van der Waals surface area contributed by atoms with Crippen LogP contribution in [0.3, 0.4) is 0 Å². The van der Waals surface area contributed by atoms with E-state index >= 15 is 0 Å². The molecule has 0 fully saturated rings. The summed E-state index contributed by atoms with van der Waals surface area (Å²) >= 11 is 0. The molecule has 4 heteroatoms. The molecule has 0 saturated carbocycles. The lowest BCUT2D eigenvalue weighted by Gasteiger charge is -1.95. The lowest BCUT2D eigenvalue weighted by Crippen LogP contribution is -2.19. The van der Waals surface area contributed by atoms with Crippen LogP contribution in [0.4, 0.5) is 0 Å². The molecule has 0 atom stereocenters. The van der Waals surface area contributed by atoms with Gasteiger partial charge in [-0.2, -0.15) is 0 Å². The molecule has 0 bridgehead atoms. The Bertz CT molecular complexity index is 316. The van der Waals surface area contributed by atoms with Gasteiger partial charge in [0.05, 0.1) is 0 Å². The summed E-state index contributed by atoms with van der Waals surface area (Å²) in [7, 11) is 1.52. The van der Waals surface area contributed by atoms with Crippen LogP contribution in [0, 0.1) is 0 Å². The van der Waals surface area contributed by atoms with Crippen molar-refractivity contribution in [1.29, 1.82) is 0 Å². The first kappa shape index (κ1) is 7.53. The molecule has 58 valence electrons. The van der Waals surface area contributed by atoms with Crippen molar-refractivity contribution in [3.05, 3.63) is 34.2 Å². The molecule has 1 rings (SSSR count). The number of rotatable bonds is 1. The van der Waals surface area contributed by atoms with Gasteiger partial charge >= 0.3 is 0 Å². The summed E-state index contributed by atoms with van der Waals surface area (Å²) < 4.78 is 0. The normalized spacial score (nSPS) is 9.18. The van der Waals surface area contributed by atoms with Crippen LogP contribution in [0.25, 0.3) is 0 Å². The Morgan fingerprint density at radius 1 is 1.64 bits per heavy atom. The molecule has 1 amide bonds. The van der Waals surface area contributed by atoms with Gasteiger partial charge in [-0.25, -0.2) is 0 Å². The number of hydrogen-bond acceptors (Lipinski definition) is 2. The highest BCUT2D eigenvalue weighted by molar-refractivity contribution is 5.93. The highest BCUT2D eigenvalue weighted by Gasteiger charge is 2.00. The van der Waals surface area contributed by atoms with Crippen LogP contribution >= 0.6 is 0 Å². The fraction of sp³-hybridized carbons (Fsp3) is 0.143. The third-order valence-corrected chi connectivity index (χ3v) is 1.26. The van der Waals surface area contributed by atoms with E-state index in [-0.39, 0.29) is 11.5 Å². The largest absolute Gasteiger partial charge is 0.355 e. The summed E-state index contributed by atoms with van der Waals surface area (Å²) in [6.07, 6.45) is 1.44. The second kappa shape index (κ2) is 3.01. The van der Waals surface area contributed by atoms with Crippen LogP contribution in [-0.4, -0.2) is 17.9 Å². The molecule has 0 unspecified atom stereocenters. The molecule has 0 aliphatic rings. The summed E-state index contributed by atoms with van der Waals surface area (Å²) in [6, 6.07) is 2.79. The quantitative estimate of drug-likeness (QED) is 0.582. The highest BCUT2D eigenvalue weighted by Crippen LogP contribution is 1.90. The van der Waals surface area contributed by atoms with Crippen LogP contribution in [0.5, 0.6) is 0 Å². The van der Waals surface area contributed by atoms with E-state index < -0.39 is 0 Å². The van der Waals surface area contributed by atoms with Crippen LogP contribution < -0.4 is 10.9 Å². The van der Waals surface area contributed by atoms with E-state index in [4.69, 9.17) is 0 Å². The average Bonchev–Trinajstić information content (AvgIpc) is 2.03. The summed E-state index contributed by atoms with van der Waals surface area (Å²) in [5, 5.41) is 2.42. The van der Waals surface area contributed by atoms with E-state index in [2.05, 4.69) is 10.3 Å². The van der Waals surface area contributed by atoms with Crippen LogP contribution in [0.15, 0.2) is 23.1 Å². The maximum atomic E-state index is 10.9. The van der Waals surface area contributed by atoms with Crippen molar-refractivity contribution in [1.82, 2.24) is 10.3 Å². The molecule has 0 spiro atoms. The number of aromatic amines is 1. The number of pyridine rings is 1. The zero-order chi connectivity index (χ0) is 8.27. The zero-order valence-corrected chi connectivity index (χ0v) is 6.05. The molecular weight excluding hydrogens is 144 g/mol. The van der Waals surface area contributed by atoms with Crippen molar-refractivity contribution in [2.24, 2.45) is 0 Å². The number of amides is 1. The molecule has 1 aromatic rings. The van der Waals surface area contributed by atoms with Crippen LogP contribution in [-0.2, 0) is 0 Å². The number of carbonyl (C=O) groups is 1. The molecule has 0 aliphatic carbocycles. The standard InChI is InChI=1S/C7H8N2O2/c1-8-7(11)5-2-3-9-6(10)4-5/h2-4H,1H3,(H,8,11)(H,9,10). The number of aromatic nitrogens is 1. The number of nitrogens with one attached hydrogen (secondary N) is 2. The highest BCUT2D eigenvalue weighted by atomic mass is 16.1. The van der Waals surface area contributed by atoms with Gasteiger partial charge in [-0.05, 0) is 6.07 Å². The number of H-pyrrole nitrogens is 1. The summed E-state index contributed by atoms with van der Waals surface area (Å²) in [6.45, 7) is 0. The van der Waals surface area contributed by atoms with Crippen LogP contribution in [0.2, 0.25) is 0 Å². The topological polar surface area (TPSA) is 62.0 Å². The van der Waals surface area contributed by atoms with Crippen molar-refractivity contribution in [2.75, 3.05) is 7.05 Å². The zero-order valence-electron chi connectivity index (χ0n) is 6.05. The van der Waals surface area contributed by atoms with Crippen LogP contribution in [0.1, 0.15) is 10.4 Å². The minimum atomic E-state index is -0.272. The Morgan fingerprint density at radius 3 is 2.91 bits per heavy atom. The van der Waals surface area contributed by atoms with E-state index in [0.29, 0.717) is 5.56 Å². The van der Waals surface area contributed by atoms with E-state index in [1.807, 2.05) is 0 Å². The predicted octanol–water partition coefficient (Wildman–Crippen LogP) is -0.266. The van der Waals surface area contributed by atoms with Crippen molar-refractivity contribution in [3.63, 3.8) is 0 Å². The molecular formula is C7H8N2O2. The molecule has 0 saturated heterocycles. The van der Waals surface area contributed by atoms with Gasteiger partial charge in [0.1, 0.15) is 0 Å². The molecule has 0 radical (unpaired) electrons.